The second-order valence-electron chi connectivity index (χ2n) is 7.27. The SMILES string of the molecule is C/C(=C\c1ccco1)CN1CCc2nnc(CNC(=O)c3ccccc3)n2CC1. The summed E-state index contributed by atoms with van der Waals surface area (Å²) in [7, 11) is 0. The Morgan fingerprint density at radius 2 is 2.00 bits per heavy atom. The van der Waals surface area contributed by atoms with E-state index in [1.165, 1.54) is 5.57 Å². The van der Waals surface area contributed by atoms with Crippen molar-refractivity contribution in [3.05, 3.63) is 77.3 Å². The van der Waals surface area contributed by atoms with Crippen molar-refractivity contribution in [2.24, 2.45) is 0 Å². The van der Waals surface area contributed by atoms with Crippen LogP contribution >= 0.6 is 0 Å². The molecule has 7 heteroatoms. The number of fused-ring (bicyclic) bond motifs is 1. The third-order valence-corrected chi connectivity index (χ3v) is 5.04. The summed E-state index contributed by atoms with van der Waals surface area (Å²) in [6.45, 7) is 6.04. The van der Waals surface area contributed by atoms with Gasteiger partial charge in [0.2, 0.25) is 0 Å². The number of nitrogens with zero attached hydrogens (tertiary/aromatic N) is 4. The van der Waals surface area contributed by atoms with Gasteiger partial charge >= 0.3 is 0 Å². The first-order valence-corrected chi connectivity index (χ1v) is 9.86. The topological polar surface area (TPSA) is 76.2 Å². The lowest BCUT2D eigenvalue weighted by Gasteiger charge is -2.19. The van der Waals surface area contributed by atoms with Crippen molar-refractivity contribution < 1.29 is 9.21 Å². The Morgan fingerprint density at radius 1 is 1.14 bits per heavy atom. The number of hydrogen-bond donors (Lipinski definition) is 1. The molecule has 7 nitrogen and oxygen atoms in total. The molecule has 1 aliphatic rings. The zero-order valence-corrected chi connectivity index (χ0v) is 16.5. The van der Waals surface area contributed by atoms with Crippen LogP contribution in [0.1, 0.15) is 34.7 Å². The molecule has 3 heterocycles. The quantitative estimate of drug-likeness (QED) is 0.699. The van der Waals surface area contributed by atoms with Gasteiger partial charge in [-0.05, 0) is 37.3 Å². The molecule has 1 aromatic carbocycles. The number of hydrogen-bond acceptors (Lipinski definition) is 5. The van der Waals surface area contributed by atoms with Gasteiger partial charge in [-0.2, -0.15) is 0 Å². The van der Waals surface area contributed by atoms with Crippen molar-refractivity contribution in [2.75, 3.05) is 19.6 Å². The van der Waals surface area contributed by atoms with Gasteiger partial charge in [-0.15, -0.1) is 10.2 Å². The van der Waals surface area contributed by atoms with Crippen molar-refractivity contribution in [1.29, 1.82) is 0 Å². The van der Waals surface area contributed by atoms with E-state index in [4.69, 9.17) is 4.42 Å². The van der Waals surface area contributed by atoms with Gasteiger partial charge in [0.1, 0.15) is 11.6 Å². The fourth-order valence-corrected chi connectivity index (χ4v) is 3.58. The minimum absolute atomic E-state index is 0.100. The molecule has 0 fully saturated rings. The molecule has 2 aromatic heterocycles. The van der Waals surface area contributed by atoms with Gasteiger partial charge in [0.25, 0.3) is 5.91 Å². The first kappa shape index (κ1) is 19.1. The molecule has 29 heavy (non-hydrogen) atoms. The number of rotatable bonds is 6. The maximum absolute atomic E-state index is 12.3. The van der Waals surface area contributed by atoms with Crippen LogP contribution in [0.25, 0.3) is 6.08 Å². The van der Waals surface area contributed by atoms with E-state index in [0.717, 1.165) is 50.0 Å². The first-order valence-electron chi connectivity index (χ1n) is 9.86. The average Bonchev–Trinajstić information content (AvgIpc) is 3.34. The number of nitrogens with one attached hydrogen (secondary N) is 1. The van der Waals surface area contributed by atoms with E-state index in [1.54, 1.807) is 18.4 Å². The fraction of sp³-hybridized carbons (Fsp3) is 0.318. The Kier molecular flexibility index (Phi) is 5.86. The van der Waals surface area contributed by atoms with Crippen LogP contribution in [0.2, 0.25) is 0 Å². The number of aromatic nitrogens is 3. The third kappa shape index (κ3) is 4.81. The summed E-state index contributed by atoms with van der Waals surface area (Å²) < 4.78 is 7.53. The molecular weight excluding hydrogens is 366 g/mol. The largest absolute Gasteiger partial charge is 0.465 e. The lowest BCUT2D eigenvalue weighted by atomic mass is 10.2. The number of benzene rings is 1. The van der Waals surface area contributed by atoms with Gasteiger partial charge in [-0.1, -0.05) is 23.8 Å². The minimum atomic E-state index is -0.100. The Morgan fingerprint density at radius 3 is 2.79 bits per heavy atom. The molecule has 0 saturated carbocycles. The van der Waals surface area contributed by atoms with Crippen molar-refractivity contribution in [3.8, 4) is 0 Å². The molecule has 0 saturated heterocycles. The number of carbonyl (C=O) groups is 1. The molecule has 0 spiro atoms. The number of carbonyl (C=O) groups excluding carboxylic acids is 1. The molecular formula is C22H25N5O2. The average molecular weight is 391 g/mol. The number of amides is 1. The predicted octanol–water partition coefficient (Wildman–Crippen LogP) is 2.76. The molecule has 0 unspecified atom stereocenters. The Hall–Kier alpha value is -3.19. The highest BCUT2D eigenvalue weighted by molar-refractivity contribution is 5.93. The first-order chi connectivity index (χ1) is 14.2. The Balaban J connectivity index is 1.35. The molecule has 0 aliphatic carbocycles. The second kappa shape index (κ2) is 8.87. The van der Waals surface area contributed by atoms with Gasteiger partial charge in [-0.25, -0.2) is 0 Å². The second-order valence-corrected chi connectivity index (χ2v) is 7.27. The molecule has 1 N–H and O–H groups in total. The zero-order valence-electron chi connectivity index (χ0n) is 16.5. The van der Waals surface area contributed by atoms with Crippen LogP contribution in [-0.2, 0) is 19.5 Å². The van der Waals surface area contributed by atoms with Gasteiger partial charge in [0.15, 0.2) is 5.82 Å². The van der Waals surface area contributed by atoms with Crippen LogP contribution in [0.4, 0.5) is 0 Å². The summed E-state index contributed by atoms with van der Waals surface area (Å²) in [6.07, 6.45) is 4.61. The van der Waals surface area contributed by atoms with Crippen LogP contribution < -0.4 is 5.32 Å². The summed E-state index contributed by atoms with van der Waals surface area (Å²) in [4.78, 5) is 14.7. The summed E-state index contributed by atoms with van der Waals surface area (Å²) in [5.41, 5.74) is 1.90. The molecule has 0 bridgehead atoms. The number of furan rings is 1. The van der Waals surface area contributed by atoms with Crippen LogP contribution in [-0.4, -0.2) is 45.2 Å². The smallest absolute Gasteiger partial charge is 0.251 e. The molecule has 3 aromatic rings. The van der Waals surface area contributed by atoms with Gasteiger partial charge in [0.05, 0.1) is 12.8 Å². The maximum atomic E-state index is 12.3. The molecule has 1 amide bonds. The molecule has 4 rings (SSSR count). The maximum Gasteiger partial charge on any atom is 0.251 e. The van der Waals surface area contributed by atoms with E-state index in [1.807, 2.05) is 30.3 Å². The van der Waals surface area contributed by atoms with Crippen LogP contribution in [0.5, 0.6) is 0 Å². The van der Waals surface area contributed by atoms with E-state index in [9.17, 15) is 4.79 Å². The zero-order chi connectivity index (χ0) is 20.1. The Labute approximate surface area is 170 Å². The molecule has 1 aliphatic heterocycles. The highest BCUT2D eigenvalue weighted by Crippen LogP contribution is 2.13. The summed E-state index contributed by atoms with van der Waals surface area (Å²) in [5, 5.41) is 11.6. The summed E-state index contributed by atoms with van der Waals surface area (Å²) >= 11 is 0. The van der Waals surface area contributed by atoms with Gasteiger partial charge < -0.3 is 14.3 Å². The van der Waals surface area contributed by atoms with E-state index < -0.39 is 0 Å². The highest BCUT2D eigenvalue weighted by Gasteiger charge is 2.19. The minimum Gasteiger partial charge on any atom is -0.465 e. The van der Waals surface area contributed by atoms with E-state index >= 15 is 0 Å². The van der Waals surface area contributed by atoms with Crippen molar-refractivity contribution in [1.82, 2.24) is 25.0 Å². The van der Waals surface area contributed by atoms with E-state index in [0.29, 0.717) is 12.1 Å². The summed E-state index contributed by atoms with van der Waals surface area (Å²) in [6, 6.07) is 13.1. The van der Waals surface area contributed by atoms with E-state index in [2.05, 4.69) is 38.0 Å². The normalized spacial score (nSPS) is 15.0. The van der Waals surface area contributed by atoms with Crippen LogP contribution in [0.3, 0.4) is 0 Å². The predicted molar refractivity (Wildman–Crippen MR) is 110 cm³/mol. The third-order valence-electron chi connectivity index (χ3n) is 5.04. The lowest BCUT2D eigenvalue weighted by Crippen LogP contribution is -2.29. The molecule has 150 valence electrons. The fourth-order valence-electron chi connectivity index (χ4n) is 3.58. The van der Waals surface area contributed by atoms with Gasteiger partial charge in [-0.3, -0.25) is 9.69 Å². The van der Waals surface area contributed by atoms with E-state index in [-0.39, 0.29) is 5.91 Å². The van der Waals surface area contributed by atoms with Crippen LogP contribution in [0, 0.1) is 0 Å². The molecule has 0 atom stereocenters. The lowest BCUT2D eigenvalue weighted by molar-refractivity contribution is 0.0949. The summed E-state index contributed by atoms with van der Waals surface area (Å²) in [5.74, 6) is 2.56. The van der Waals surface area contributed by atoms with Crippen molar-refractivity contribution in [2.45, 2.75) is 26.4 Å². The highest BCUT2D eigenvalue weighted by atomic mass is 16.3. The monoisotopic (exact) mass is 391 g/mol. The van der Waals surface area contributed by atoms with Crippen molar-refractivity contribution in [3.63, 3.8) is 0 Å². The van der Waals surface area contributed by atoms with Gasteiger partial charge in [0, 0.05) is 38.2 Å². The molecule has 0 radical (unpaired) electrons. The van der Waals surface area contributed by atoms with Crippen LogP contribution in [0.15, 0.2) is 58.7 Å². The Bertz CT molecular complexity index is 976. The van der Waals surface area contributed by atoms with Crippen molar-refractivity contribution >= 4 is 12.0 Å². The standard InChI is InChI=1S/C22H25N5O2/c1-17(14-19-8-5-13-29-19)16-26-10-9-20-24-25-21(27(20)12-11-26)15-23-22(28)18-6-3-2-4-7-18/h2-8,13-14H,9-12,15-16H2,1H3,(H,23,28)/b17-14+.